The molecule has 0 spiro atoms. The van der Waals surface area contributed by atoms with Gasteiger partial charge in [-0.15, -0.1) is 0 Å². The van der Waals surface area contributed by atoms with Crippen LogP contribution in [0.15, 0.2) is 12.1 Å². The molecule has 1 N–H and O–H groups in total. The molecule has 0 radical (unpaired) electrons. The van der Waals surface area contributed by atoms with Crippen molar-refractivity contribution in [2.75, 3.05) is 40.0 Å². The summed E-state index contributed by atoms with van der Waals surface area (Å²) in [5.41, 5.74) is 2.90. The topological polar surface area (TPSA) is 55.7 Å². The molecule has 1 amide bonds. The highest BCUT2D eigenvalue weighted by atomic mass is 35.5. The molecular formula is C27H38ClN3O3. The van der Waals surface area contributed by atoms with E-state index in [1.54, 1.807) is 7.11 Å². The summed E-state index contributed by atoms with van der Waals surface area (Å²) >= 11 is 6.49. The predicted molar refractivity (Wildman–Crippen MR) is 136 cm³/mol. The lowest BCUT2D eigenvalue weighted by atomic mass is 9.68. The number of morpholine rings is 1. The normalized spacial score (nSPS) is 28.5. The molecule has 5 rings (SSSR count). The van der Waals surface area contributed by atoms with Crippen LogP contribution >= 0.6 is 11.6 Å². The number of hydrogen-bond acceptors (Lipinski definition) is 4. The Morgan fingerprint density at radius 3 is 2.62 bits per heavy atom. The van der Waals surface area contributed by atoms with Gasteiger partial charge in [-0.05, 0) is 49.0 Å². The number of ether oxygens (including phenoxy) is 2. The van der Waals surface area contributed by atoms with E-state index >= 15 is 0 Å². The molecule has 186 valence electrons. The van der Waals surface area contributed by atoms with Crippen LogP contribution in [0.2, 0.25) is 5.02 Å². The molecule has 3 atom stereocenters. The Kier molecular flexibility index (Phi) is 6.14. The summed E-state index contributed by atoms with van der Waals surface area (Å²) in [5.74, 6) is 1.39. The van der Waals surface area contributed by atoms with Gasteiger partial charge in [0.25, 0.3) is 5.91 Å². The summed E-state index contributed by atoms with van der Waals surface area (Å²) < 4.78 is 13.5. The van der Waals surface area contributed by atoms with Crippen molar-refractivity contribution < 1.29 is 14.3 Å². The molecule has 2 saturated carbocycles. The SMILES string of the molecule is COc1cc(Cl)cc2c(C(=O)N[C@@H]3C(C)(C)[C@@H]4CC[C@@]3(C)C4)c(C)n(CCN3CCOCC3)c12. The van der Waals surface area contributed by atoms with Gasteiger partial charge in [0.1, 0.15) is 5.75 Å². The van der Waals surface area contributed by atoms with Gasteiger partial charge in [-0.3, -0.25) is 9.69 Å². The maximum atomic E-state index is 13.9. The van der Waals surface area contributed by atoms with Gasteiger partial charge in [0, 0.05) is 54.4 Å². The lowest BCUT2D eigenvalue weighted by Crippen LogP contribution is -2.52. The van der Waals surface area contributed by atoms with Crippen molar-refractivity contribution >= 4 is 28.4 Å². The lowest BCUT2D eigenvalue weighted by molar-refractivity contribution is 0.0365. The van der Waals surface area contributed by atoms with E-state index in [1.807, 2.05) is 12.1 Å². The van der Waals surface area contributed by atoms with Crippen LogP contribution in [0.1, 0.15) is 56.1 Å². The van der Waals surface area contributed by atoms with E-state index in [0.717, 1.165) is 61.6 Å². The minimum absolute atomic E-state index is 0.00351. The highest BCUT2D eigenvalue weighted by Crippen LogP contribution is 2.62. The monoisotopic (exact) mass is 487 g/mol. The van der Waals surface area contributed by atoms with Gasteiger partial charge in [0.05, 0.1) is 31.4 Å². The van der Waals surface area contributed by atoms with Gasteiger partial charge in [-0.2, -0.15) is 0 Å². The number of aromatic nitrogens is 1. The van der Waals surface area contributed by atoms with Crippen molar-refractivity contribution in [3.8, 4) is 5.75 Å². The van der Waals surface area contributed by atoms with Crippen LogP contribution in [0.3, 0.4) is 0 Å². The van der Waals surface area contributed by atoms with E-state index in [-0.39, 0.29) is 22.8 Å². The van der Waals surface area contributed by atoms with Gasteiger partial charge in [0.15, 0.2) is 0 Å². The van der Waals surface area contributed by atoms with E-state index in [0.29, 0.717) is 16.7 Å². The van der Waals surface area contributed by atoms with Crippen LogP contribution in [0.4, 0.5) is 0 Å². The number of carbonyl (C=O) groups excluding carboxylic acids is 1. The van der Waals surface area contributed by atoms with E-state index in [1.165, 1.54) is 19.3 Å². The number of hydrogen-bond donors (Lipinski definition) is 1. The minimum atomic E-state index is 0.00351. The number of fused-ring (bicyclic) bond motifs is 3. The molecule has 2 heterocycles. The van der Waals surface area contributed by atoms with Crippen LogP contribution < -0.4 is 10.1 Å². The van der Waals surface area contributed by atoms with E-state index < -0.39 is 0 Å². The fraction of sp³-hybridized carbons (Fsp3) is 0.667. The van der Waals surface area contributed by atoms with Crippen molar-refractivity contribution in [3.63, 3.8) is 0 Å². The Morgan fingerprint density at radius 2 is 1.97 bits per heavy atom. The molecule has 3 aliphatic rings. The van der Waals surface area contributed by atoms with Crippen LogP contribution in [-0.4, -0.2) is 61.4 Å². The second-order valence-electron chi connectivity index (χ2n) is 11.4. The van der Waals surface area contributed by atoms with Gasteiger partial charge < -0.3 is 19.4 Å². The molecule has 1 aliphatic heterocycles. The second kappa shape index (κ2) is 8.72. The third-order valence-electron chi connectivity index (χ3n) is 9.08. The molecule has 3 fully saturated rings. The summed E-state index contributed by atoms with van der Waals surface area (Å²) in [7, 11) is 1.66. The lowest BCUT2D eigenvalue weighted by Gasteiger charge is -2.43. The summed E-state index contributed by atoms with van der Waals surface area (Å²) in [5, 5.41) is 4.95. The van der Waals surface area contributed by atoms with E-state index in [9.17, 15) is 4.79 Å². The largest absolute Gasteiger partial charge is 0.494 e. The minimum Gasteiger partial charge on any atom is -0.494 e. The van der Waals surface area contributed by atoms with Gasteiger partial charge in [-0.1, -0.05) is 32.4 Å². The Hall–Kier alpha value is -1.76. The summed E-state index contributed by atoms with van der Waals surface area (Å²) in [6, 6.07) is 3.93. The number of rotatable bonds is 6. The third kappa shape index (κ3) is 3.82. The first-order chi connectivity index (χ1) is 16.2. The fourth-order valence-corrected chi connectivity index (χ4v) is 7.40. The first kappa shape index (κ1) is 24.0. The Morgan fingerprint density at radius 1 is 1.24 bits per heavy atom. The van der Waals surface area contributed by atoms with Gasteiger partial charge in [0.2, 0.25) is 0 Å². The Labute approximate surface area is 207 Å². The van der Waals surface area contributed by atoms with Crippen molar-refractivity contribution in [2.24, 2.45) is 16.7 Å². The molecule has 0 unspecified atom stereocenters. The molecule has 6 nitrogen and oxygen atoms in total. The maximum Gasteiger partial charge on any atom is 0.253 e. The van der Waals surface area contributed by atoms with E-state index in [4.69, 9.17) is 21.1 Å². The molecular weight excluding hydrogens is 450 g/mol. The van der Waals surface area contributed by atoms with Crippen molar-refractivity contribution in [1.29, 1.82) is 0 Å². The number of benzene rings is 1. The molecule has 1 saturated heterocycles. The van der Waals surface area contributed by atoms with Crippen LogP contribution in [0.25, 0.3) is 10.9 Å². The predicted octanol–water partition coefficient (Wildman–Crippen LogP) is 4.89. The van der Waals surface area contributed by atoms with Crippen molar-refractivity contribution in [1.82, 2.24) is 14.8 Å². The van der Waals surface area contributed by atoms with Crippen LogP contribution in [0.5, 0.6) is 5.75 Å². The molecule has 1 aromatic carbocycles. The average molecular weight is 488 g/mol. The highest BCUT2D eigenvalue weighted by molar-refractivity contribution is 6.32. The number of nitrogens with zero attached hydrogens (tertiary/aromatic N) is 2. The molecule has 2 aliphatic carbocycles. The maximum absolute atomic E-state index is 13.9. The zero-order valence-corrected chi connectivity index (χ0v) is 21.9. The second-order valence-corrected chi connectivity index (χ2v) is 11.8. The van der Waals surface area contributed by atoms with Gasteiger partial charge >= 0.3 is 0 Å². The molecule has 2 bridgehead atoms. The summed E-state index contributed by atoms with van der Waals surface area (Å²) in [6.45, 7) is 14.1. The fourth-order valence-electron chi connectivity index (χ4n) is 7.19. The standard InChI is InChI=1S/C27H38ClN3O3/c1-17-22(24(32)29-25-26(2,3)18-6-7-27(25,4)16-18)20-14-19(28)15-21(33-5)23(20)31(17)9-8-30-10-12-34-13-11-30/h14-15,18,25H,6-13,16H2,1-5H3,(H,29,32)/t18-,25-,27+/m1/s1. The molecule has 2 aromatic rings. The quantitative estimate of drug-likeness (QED) is 0.630. The molecule has 7 heteroatoms. The highest BCUT2D eigenvalue weighted by Gasteiger charge is 2.59. The Balaban J connectivity index is 1.52. The average Bonchev–Trinajstić information content (AvgIpc) is 3.39. The summed E-state index contributed by atoms with van der Waals surface area (Å²) in [4.78, 5) is 16.3. The molecule has 34 heavy (non-hydrogen) atoms. The number of amides is 1. The van der Waals surface area contributed by atoms with Gasteiger partial charge in [-0.25, -0.2) is 0 Å². The number of methoxy groups -OCH3 is 1. The number of halogens is 1. The van der Waals surface area contributed by atoms with Crippen molar-refractivity contribution in [3.05, 3.63) is 28.4 Å². The zero-order valence-electron chi connectivity index (χ0n) is 21.2. The first-order valence-electron chi connectivity index (χ1n) is 12.6. The Bertz CT molecular complexity index is 1100. The van der Waals surface area contributed by atoms with Crippen LogP contribution in [0, 0.1) is 23.7 Å². The summed E-state index contributed by atoms with van der Waals surface area (Å²) in [6.07, 6.45) is 3.65. The number of nitrogens with one attached hydrogen (secondary N) is 1. The van der Waals surface area contributed by atoms with Crippen LogP contribution in [-0.2, 0) is 11.3 Å². The third-order valence-corrected chi connectivity index (χ3v) is 9.30. The smallest absolute Gasteiger partial charge is 0.253 e. The van der Waals surface area contributed by atoms with E-state index in [2.05, 4.69) is 42.5 Å². The van der Waals surface area contributed by atoms with Crippen molar-refractivity contribution in [2.45, 2.75) is 59.5 Å². The number of carbonyl (C=O) groups is 1. The zero-order chi connectivity index (χ0) is 24.3. The first-order valence-corrected chi connectivity index (χ1v) is 13.0. The molecule has 1 aromatic heterocycles.